The summed E-state index contributed by atoms with van der Waals surface area (Å²) in [7, 11) is 0. The van der Waals surface area contributed by atoms with Crippen molar-refractivity contribution in [2.75, 3.05) is 37.7 Å². The van der Waals surface area contributed by atoms with Crippen molar-refractivity contribution >= 4 is 27.8 Å². The Kier molecular flexibility index (Phi) is 5.17. The second-order valence-corrected chi connectivity index (χ2v) is 5.30. The highest BCUT2D eigenvalue weighted by molar-refractivity contribution is 9.10. The van der Waals surface area contributed by atoms with E-state index in [9.17, 15) is 4.79 Å². The van der Waals surface area contributed by atoms with Crippen LogP contribution in [-0.4, -0.2) is 53.7 Å². The second-order valence-electron chi connectivity index (χ2n) is 4.49. The topological polar surface area (TPSA) is 58.6 Å². The molecule has 2 heterocycles. The molecule has 0 bridgehead atoms. The molecule has 0 radical (unpaired) electrons. The van der Waals surface area contributed by atoms with E-state index in [1.165, 1.54) is 0 Å². The molecule has 1 aromatic rings. The smallest absolute Gasteiger partial charge is 0.409 e. The van der Waals surface area contributed by atoms with E-state index in [0.29, 0.717) is 19.7 Å². The first-order valence-corrected chi connectivity index (χ1v) is 7.63. The van der Waals surface area contributed by atoms with Crippen molar-refractivity contribution in [1.29, 1.82) is 0 Å². The lowest BCUT2D eigenvalue weighted by Crippen LogP contribution is -2.49. The Hall–Kier alpha value is -1.37. The standard InChI is InChI=1S/C13H19BrN4O2/c1-3-11-15-10(14)9-12(16-11)17-5-7-18(8-6-17)13(19)20-4-2/h9H,3-8H2,1-2H3. The number of ether oxygens (including phenoxy) is 1. The molecular formula is C13H19BrN4O2. The third-order valence-corrected chi connectivity index (χ3v) is 3.58. The number of hydrogen-bond acceptors (Lipinski definition) is 5. The number of aromatic nitrogens is 2. The number of rotatable bonds is 3. The summed E-state index contributed by atoms with van der Waals surface area (Å²) in [6, 6.07) is 1.92. The van der Waals surface area contributed by atoms with Gasteiger partial charge in [-0.15, -0.1) is 0 Å². The van der Waals surface area contributed by atoms with Crippen LogP contribution in [0.25, 0.3) is 0 Å². The molecule has 6 nitrogen and oxygen atoms in total. The maximum absolute atomic E-state index is 11.6. The Labute approximate surface area is 127 Å². The summed E-state index contributed by atoms with van der Waals surface area (Å²) in [5.74, 6) is 1.73. The molecule has 1 aliphatic heterocycles. The number of hydrogen-bond donors (Lipinski definition) is 0. The molecule has 1 aromatic heterocycles. The molecule has 2 rings (SSSR count). The number of carbonyl (C=O) groups excluding carboxylic acids is 1. The van der Waals surface area contributed by atoms with E-state index in [1.54, 1.807) is 4.90 Å². The minimum absolute atomic E-state index is 0.231. The van der Waals surface area contributed by atoms with E-state index in [-0.39, 0.29) is 6.09 Å². The predicted molar refractivity (Wildman–Crippen MR) is 79.9 cm³/mol. The van der Waals surface area contributed by atoms with Gasteiger partial charge in [0.1, 0.15) is 16.2 Å². The fourth-order valence-electron chi connectivity index (χ4n) is 2.10. The lowest BCUT2D eigenvalue weighted by molar-refractivity contribution is 0.105. The molecule has 1 amide bonds. The molecule has 0 aromatic carbocycles. The quantitative estimate of drug-likeness (QED) is 0.787. The van der Waals surface area contributed by atoms with Gasteiger partial charge in [0.25, 0.3) is 0 Å². The largest absolute Gasteiger partial charge is 0.450 e. The number of anilines is 1. The Balaban J connectivity index is 2.00. The summed E-state index contributed by atoms with van der Waals surface area (Å²) in [6.07, 6.45) is 0.570. The third-order valence-electron chi connectivity index (χ3n) is 3.17. The molecule has 0 unspecified atom stereocenters. The van der Waals surface area contributed by atoms with Crippen LogP contribution in [0.1, 0.15) is 19.7 Å². The minimum atomic E-state index is -0.231. The Morgan fingerprint density at radius 1 is 1.30 bits per heavy atom. The van der Waals surface area contributed by atoms with Crippen molar-refractivity contribution in [3.63, 3.8) is 0 Å². The van der Waals surface area contributed by atoms with Crippen LogP contribution in [0.3, 0.4) is 0 Å². The maximum Gasteiger partial charge on any atom is 0.409 e. The van der Waals surface area contributed by atoms with Crippen molar-refractivity contribution in [2.45, 2.75) is 20.3 Å². The Bertz CT molecular complexity index is 475. The monoisotopic (exact) mass is 342 g/mol. The fourth-order valence-corrected chi connectivity index (χ4v) is 2.51. The third kappa shape index (κ3) is 3.59. The molecule has 1 aliphatic rings. The van der Waals surface area contributed by atoms with Gasteiger partial charge in [0, 0.05) is 38.7 Å². The number of amides is 1. The van der Waals surface area contributed by atoms with Gasteiger partial charge in [0.15, 0.2) is 0 Å². The van der Waals surface area contributed by atoms with Gasteiger partial charge in [0.05, 0.1) is 6.61 Å². The van der Waals surface area contributed by atoms with E-state index in [0.717, 1.165) is 35.8 Å². The van der Waals surface area contributed by atoms with Crippen LogP contribution in [0, 0.1) is 0 Å². The van der Waals surface area contributed by atoms with E-state index in [4.69, 9.17) is 4.74 Å². The molecule has 110 valence electrons. The molecule has 0 saturated carbocycles. The molecule has 0 aliphatic carbocycles. The SMILES string of the molecule is CCOC(=O)N1CCN(c2cc(Br)nc(CC)n2)CC1. The zero-order valence-corrected chi connectivity index (χ0v) is 13.4. The lowest BCUT2D eigenvalue weighted by Gasteiger charge is -2.34. The van der Waals surface area contributed by atoms with Crippen molar-refractivity contribution in [2.24, 2.45) is 0 Å². The number of piperazine rings is 1. The fraction of sp³-hybridized carbons (Fsp3) is 0.615. The highest BCUT2D eigenvalue weighted by Crippen LogP contribution is 2.18. The molecule has 0 atom stereocenters. The van der Waals surface area contributed by atoms with Gasteiger partial charge in [-0.25, -0.2) is 14.8 Å². The summed E-state index contributed by atoms with van der Waals surface area (Å²) in [4.78, 5) is 24.4. The van der Waals surface area contributed by atoms with E-state index in [2.05, 4.69) is 30.8 Å². The Morgan fingerprint density at radius 3 is 2.60 bits per heavy atom. The van der Waals surface area contributed by atoms with Crippen LogP contribution in [0.5, 0.6) is 0 Å². The Morgan fingerprint density at radius 2 is 2.00 bits per heavy atom. The van der Waals surface area contributed by atoms with Crippen LogP contribution in [0.4, 0.5) is 10.6 Å². The van der Waals surface area contributed by atoms with Crippen LogP contribution >= 0.6 is 15.9 Å². The van der Waals surface area contributed by atoms with Gasteiger partial charge in [-0.2, -0.15) is 0 Å². The van der Waals surface area contributed by atoms with Crippen LogP contribution in [0.15, 0.2) is 10.7 Å². The van der Waals surface area contributed by atoms with Gasteiger partial charge in [-0.3, -0.25) is 0 Å². The predicted octanol–water partition coefficient (Wildman–Crippen LogP) is 2.08. The van der Waals surface area contributed by atoms with Gasteiger partial charge >= 0.3 is 6.09 Å². The van der Waals surface area contributed by atoms with E-state index in [1.807, 2.05) is 19.9 Å². The van der Waals surface area contributed by atoms with Crippen LogP contribution in [-0.2, 0) is 11.2 Å². The number of halogens is 1. The van der Waals surface area contributed by atoms with Crippen molar-refractivity contribution in [3.05, 3.63) is 16.5 Å². The summed E-state index contributed by atoms with van der Waals surface area (Å²) in [6.45, 7) is 7.08. The number of nitrogens with zero attached hydrogens (tertiary/aromatic N) is 4. The molecule has 0 spiro atoms. The molecule has 0 N–H and O–H groups in total. The van der Waals surface area contributed by atoms with Gasteiger partial charge in [-0.1, -0.05) is 6.92 Å². The lowest BCUT2D eigenvalue weighted by atomic mass is 10.3. The van der Waals surface area contributed by atoms with Crippen LogP contribution in [0.2, 0.25) is 0 Å². The average Bonchev–Trinajstić information content (AvgIpc) is 2.47. The first-order valence-electron chi connectivity index (χ1n) is 6.84. The van der Waals surface area contributed by atoms with Crippen LogP contribution < -0.4 is 4.90 Å². The summed E-state index contributed by atoms with van der Waals surface area (Å²) in [5, 5.41) is 0. The summed E-state index contributed by atoms with van der Waals surface area (Å²) in [5.41, 5.74) is 0. The first kappa shape index (κ1) is 15.0. The summed E-state index contributed by atoms with van der Waals surface area (Å²) >= 11 is 3.41. The highest BCUT2D eigenvalue weighted by atomic mass is 79.9. The van der Waals surface area contributed by atoms with E-state index >= 15 is 0 Å². The highest BCUT2D eigenvalue weighted by Gasteiger charge is 2.23. The normalized spacial score (nSPS) is 15.3. The van der Waals surface area contributed by atoms with Gasteiger partial charge < -0.3 is 14.5 Å². The molecule has 7 heteroatoms. The van der Waals surface area contributed by atoms with Crippen molar-refractivity contribution in [3.8, 4) is 0 Å². The zero-order chi connectivity index (χ0) is 14.5. The van der Waals surface area contributed by atoms with Crippen molar-refractivity contribution in [1.82, 2.24) is 14.9 Å². The first-order chi connectivity index (χ1) is 9.63. The van der Waals surface area contributed by atoms with Gasteiger partial charge in [0.2, 0.25) is 0 Å². The molecule has 1 saturated heterocycles. The molecular weight excluding hydrogens is 324 g/mol. The minimum Gasteiger partial charge on any atom is -0.450 e. The van der Waals surface area contributed by atoms with Crippen molar-refractivity contribution < 1.29 is 9.53 Å². The molecule has 1 fully saturated rings. The van der Waals surface area contributed by atoms with E-state index < -0.39 is 0 Å². The van der Waals surface area contributed by atoms with Gasteiger partial charge in [-0.05, 0) is 22.9 Å². The average molecular weight is 343 g/mol. The maximum atomic E-state index is 11.6. The number of aryl methyl sites for hydroxylation is 1. The summed E-state index contributed by atoms with van der Waals surface area (Å²) < 4.78 is 5.81. The second kappa shape index (κ2) is 6.88. The molecule has 20 heavy (non-hydrogen) atoms. The number of carbonyl (C=O) groups is 1. The zero-order valence-electron chi connectivity index (χ0n) is 11.8.